The quantitative estimate of drug-likeness (QED) is 0.326. The number of rotatable bonds is 7. The molecule has 6 nitrogen and oxygen atoms in total. The molecule has 1 amide bonds. The highest BCUT2D eigenvalue weighted by atomic mass is 19.1. The van der Waals surface area contributed by atoms with Gasteiger partial charge in [-0.2, -0.15) is 0 Å². The topological polar surface area (TPSA) is 83.5 Å². The highest BCUT2D eigenvalue weighted by Crippen LogP contribution is 2.29. The second-order valence-electron chi connectivity index (χ2n) is 5.84. The monoisotopic (exact) mass is 379 g/mol. The molecule has 0 saturated heterocycles. The van der Waals surface area contributed by atoms with Crippen molar-refractivity contribution >= 4 is 17.7 Å². The predicted molar refractivity (Wildman–Crippen MR) is 103 cm³/mol. The fraction of sp³-hybridized carbons (Fsp3) is 0.0476. The number of hydrogen-bond donors (Lipinski definition) is 3. The minimum absolute atomic E-state index is 0.331. The Bertz CT molecular complexity index is 978. The van der Waals surface area contributed by atoms with E-state index in [0.717, 1.165) is 11.3 Å². The maximum atomic E-state index is 13.4. The van der Waals surface area contributed by atoms with Crippen LogP contribution in [0, 0.1) is 5.82 Å². The highest BCUT2D eigenvalue weighted by molar-refractivity contribution is 5.91. The molecular weight excluding hydrogens is 361 g/mol. The van der Waals surface area contributed by atoms with Crippen molar-refractivity contribution in [1.29, 1.82) is 0 Å². The van der Waals surface area contributed by atoms with E-state index in [-0.39, 0.29) is 0 Å². The summed E-state index contributed by atoms with van der Waals surface area (Å²) >= 11 is 0. The SMILES string of the molecule is O=C(C=Cc1cc(NCc2cccnc2)ccc1Oc1cccc(F)c1)NO. The summed E-state index contributed by atoms with van der Waals surface area (Å²) in [6, 6.07) is 14.9. The van der Waals surface area contributed by atoms with Crippen LogP contribution in [0.25, 0.3) is 6.08 Å². The zero-order valence-electron chi connectivity index (χ0n) is 14.8. The lowest BCUT2D eigenvalue weighted by atomic mass is 10.1. The molecule has 142 valence electrons. The van der Waals surface area contributed by atoms with Gasteiger partial charge in [0.25, 0.3) is 5.91 Å². The molecule has 3 rings (SSSR count). The van der Waals surface area contributed by atoms with Crippen molar-refractivity contribution in [3.8, 4) is 11.5 Å². The van der Waals surface area contributed by atoms with Gasteiger partial charge >= 0.3 is 0 Å². The van der Waals surface area contributed by atoms with E-state index in [1.165, 1.54) is 29.8 Å². The van der Waals surface area contributed by atoms with E-state index in [9.17, 15) is 9.18 Å². The van der Waals surface area contributed by atoms with Gasteiger partial charge in [0.15, 0.2) is 0 Å². The second kappa shape index (κ2) is 9.29. The van der Waals surface area contributed by atoms with Crippen LogP contribution < -0.4 is 15.5 Å². The van der Waals surface area contributed by atoms with Crippen molar-refractivity contribution in [2.75, 3.05) is 5.32 Å². The molecule has 0 radical (unpaired) electrons. The van der Waals surface area contributed by atoms with Crippen LogP contribution in [-0.4, -0.2) is 16.1 Å². The lowest BCUT2D eigenvalue weighted by Gasteiger charge is -2.12. The summed E-state index contributed by atoms with van der Waals surface area (Å²) in [6.07, 6.45) is 6.13. The number of aromatic nitrogens is 1. The third-order valence-corrected chi connectivity index (χ3v) is 3.78. The Morgan fingerprint density at radius 2 is 2.07 bits per heavy atom. The van der Waals surface area contributed by atoms with Gasteiger partial charge in [-0.3, -0.25) is 15.0 Å². The lowest BCUT2D eigenvalue weighted by molar-refractivity contribution is -0.124. The zero-order valence-corrected chi connectivity index (χ0v) is 14.8. The van der Waals surface area contributed by atoms with Gasteiger partial charge in [-0.15, -0.1) is 0 Å². The van der Waals surface area contributed by atoms with Crippen LogP contribution in [-0.2, 0) is 11.3 Å². The Kier molecular flexibility index (Phi) is 6.33. The molecule has 0 aliphatic carbocycles. The molecule has 0 unspecified atom stereocenters. The molecule has 0 aliphatic rings. The van der Waals surface area contributed by atoms with E-state index in [4.69, 9.17) is 9.94 Å². The fourth-order valence-electron chi connectivity index (χ4n) is 2.45. The van der Waals surface area contributed by atoms with Gasteiger partial charge < -0.3 is 10.1 Å². The number of anilines is 1. The Labute approximate surface area is 161 Å². The third kappa shape index (κ3) is 5.39. The third-order valence-electron chi connectivity index (χ3n) is 3.78. The van der Waals surface area contributed by atoms with Gasteiger partial charge in [0.2, 0.25) is 0 Å². The molecule has 2 aromatic carbocycles. The molecule has 0 spiro atoms. The van der Waals surface area contributed by atoms with Crippen molar-refractivity contribution in [2.24, 2.45) is 0 Å². The van der Waals surface area contributed by atoms with E-state index in [1.54, 1.807) is 36.7 Å². The Morgan fingerprint density at radius 3 is 2.82 bits per heavy atom. The molecule has 1 heterocycles. The van der Waals surface area contributed by atoms with E-state index >= 15 is 0 Å². The van der Waals surface area contributed by atoms with Crippen molar-refractivity contribution < 1.29 is 19.1 Å². The van der Waals surface area contributed by atoms with Crippen molar-refractivity contribution in [3.63, 3.8) is 0 Å². The summed E-state index contributed by atoms with van der Waals surface area (Å²) in [7, 11) is 0. The number of hydroxylamine groups is 1. The van der Waals surface area contributed by atoms with Crippen LogP contribution in [0.5, 0.6) is 11.5 Å². The molecule has 7 heteroatoms. The molecule has 0 saturated carbocycles. The summed E-state index contributed by atoms with van der Waals surface area (Å²) in [5, 5.41) is 11.9. The van der Waals surface area contributed by atoms with Gasteiger partial charge in [0.05, 0.1) is 0 Å². The van der Waals surface area contributed by atoms with E-state index < -0.39 is 11.7 Å². The Balaban J connectivity index is 1.83. The summed E-state index contributed by atoms with van der Waals surface area (Å²) in [5.74, 6) is -0.328. The predicted octanol–water partition coefficient (Wildman–Crippen LogP) is 4.14. The maximum Gasteiger partial charge on any atom is 0.267 e. The van der Waals surface area contributed by atoms with Crippen LogP contribution in [0.3, 0.4) is 0 Å². The van der Waals surface area contributed by atoms with Crippen LogP contribution in [0.1, 0.15) is 11.1 Å². The van der Waals surface area contributed by atoms with Crippen LogP contribution in [0.4, 0.5) is 10.1 Å². The zero-order chi connectivity index (χ0) is 19.8. The molecule has 0 aliphatic heterocycles. The summed E-state index contributed by atoms with van der Waals surface area (Å²) in [6.45, 7) is 0.568. The standard InChI is InChI=1S/C21H18FN3O3/c22-17-4-1-5-19(12-17)28-20-8-7-18(11-16(20)6-9-21(26)25-27)24-14-15-3-2-10-23-13-15/h1-13,24,27H,14H2,(H,25,26). The van der Waals surface area contributed by atoms with Crippen molar-refractivity contribution in [3.05, 3.63) is 90.0 Å². The molecular formula is C21H18FN3O3. The summed E-state index contributed by atoms with van der Waals surface area (Å²) in [4.78, 5) is 15.4. The van der Waals surface area contributed by atoms with Crippen LogP contribution in [0.2, 0.25) is 0 Å². The number of nitrogens with zero attached hydrogens (tertiary/aromatic N) is 1. The lowest BCUT2D eigenvalue weighted by Crippen LogP contribution is -2.14. The first-order valence-corrected chi connectivity index (χ1v) is 8.46. The van der Waals surface area contributed by atoms with Crippen LogP contribution in [0.15, 0.2) is 73.1 Å². The van der Waals surface area contributed by atoms with Crippen molar-refractivity contribution in [1.82, 2.24) is 10.5 Å². The molecule has 3 N–H and O–H groups in total. The first-order chi connectivity index (χ1) is 13.6. The normalized spacial score (nSPS) is 10.6. The van der Waals surface area contributed by atoms with E-state index in [0.29, 0.717) is 23.6 Å². The number of pyridine rings is 1. The van der Waals surface area contributed by atoms with Gasteiger partial charge in [0.1, 0.15) is 17.3 Å². The molecule has 0 bridgehead atoms. The fourth-order valence-corrected chi connectivity index (χ4v) is 2.45. The van der Waals surface area contributed by atoms with Crippen molar-refractivity contribution in [2.45, 2.75) is 6.54 Å². The van der Waals surface area contributed by atoms with E-state index in [1.807, 2.05) is 18.2 Å². The number of hydrogen-bond acceptors (Lipinski definition) is 5. The average Bonchev–Trinajstić information content (AvgIpc) is 2.72. The number of halogens is 1. The first-order valence-electron chi connectivity index (χ1n) is 8.46. The molecule has 28 heavy (non-hydrogen) atoms. The minimum Gasteiger partial charge on any atom is -0.457 e. The van der Waals surface area contributed by atoms with Gasteiger partial charge in [-0.1, -0.05) is 12.1 Å². The number of benzene rings is 2. The van der Waals surface area contributed by atoms with Crippen LogP contribution >= 0.6 is 0 Å². The smallest absolute Gasteiger partial charge is 0.267 e. The van der Waals surface area contributed by atoms with Gasteiger partial charge in [-0.25, -0.2) is 9.87 Å². The summed E-state index contributed by atoms with van der Waals surface area (Å²) < 4.78 is 19.2. The molecule has 0 atom stereocenters. The van der Waals surface area contributed by atoms with Gasteiger partial charge in [-0.05, 0) is 48.0 Å². The number of ether oxygens (including phenoxy) is 1. The number of amides is 1. The number of nitrogens with one attached hydrogen (secondary N) is 2. The Morgan fingerprint density at radius 1 is 1.18 bits per heavy atom. The molecule has 1 aromatic heterocycles. The first kappa shape index (κ1) is 19.1. The molecule has 3 aromatic rings. The summed E-state index contributed by atoms with van der Waals surface area (Å²) in [5.41, 5.74) is 3.91. The average molecular weight is 379 g/mol. The van der Waals surface area contributed by atoms with Gasteiger partial charge in [0, 0.05) is 42.3 Å². The number of carbonyl (C=O) groups excluding carboxylic acids is 1. The Hall–Kier alpha value is -3.71. The maximum absolute atomic E-state index is 13.4. The molecule has 0 fully saturated rings. The second-order valence-corrected chi connectivity index (χ2v) is 5.84. The highest BCUT2D eigenvalue weighted by Gasteiger charge is 2.07. The minimum atomic E-state index is -0.676. The number of carbonyl (C=O) groups is 1. The van der Waals surface area contributed by atoms with E-state index in [2.05, 4.69) is 10.3 Å². The largest absolute Gasteiger partial charge is 0.457 e.